The predicted molar refractivity (Wildman–Crippen MR) is 92.3 cm³/mol. The van der Waals surface area contributed by atoms with E-state index in [0.717, 1.165) is 32.2 Å². The highest BCUT2D eigenvalue weighted by Crippen LogP contribution is 2.20. The summed E-state index contributed by atoms with van der Waals surface area (Å²) in [6.45, 7) is 3.91. The number of hydrogen-bond donors (Lipinski definition) is 2. The highest BCUT2D eigenvalue weighted by Gasteiger charge is 2.21. The Morgan fingerprint density at radius 1 is 1.26 bits per heavy atom. The molecule has 132 valence electrons. The normalized spacial score (nSPS) is 18.6. The van der Waals surface area contributed by atoms with Crippen LogP contribution in [0.3, 0.4) is 0 Å². The third kappa shape index (κ3) is 5.42. The van der Waals surface area contributed by atoms with Gasteiger partial charge in [0.2, 0.25) is 10.0 Å². The average molecular weight is 383 g/mol. The van der Waals surface area contributed by atoms with Crippen LogP contribution in [0, 0.1) is 12.8 Å². The lowest BCUT2D eigenvalue weighted by Gasteiger charge is -2.12. The Balaban J connectivity index is 0.00000264. The number of hydrogen-bond acceptors (Lipinski definition) is 5. The molecule has 23 heavy (non-hydrogen) atoms. The number of sulfonamides is 1. The quantitative estimate of drug-likeness (QED) is 0.768. The Bertz CT molecular complexity index is 742. The van der Waals surface area contributed by atoms with Crippen molar-refractivity contribution in [3.05, 3.63) is 23.8 Å². The molecule has 0 amide bonds. The first-order valence-corrected chi connectivity index (χ1v) is 10.6. The first-order chi connectivity index (χ1) is 10.2. The molecule has 0 aromatic heterocycles. The molecule has 2 N–H and O–H groups in total. The van der Waals surface area contributed by atoms with Crippen LogP contribution in [-0.2, 0) is 19.9 Å². The van der Waals surface area contributed by atoms with Crippen LogP contribution in [0.4, 0.5) is 0 Å². The summed E-state index contributed by atoms with van der Waals surface area (Å²) in [6.07, 6.45) is 2.90. The summed E-state index contributed by atoms with van der Waals surface area (Å²) in [4.78, 5) is 0.0402. The van der Waals surface area contributed by atoms with Gasteiger partial charge in [-0.15, -0.1) is 12.4 Å². The molecule has 1 heterocycles. The summed E-state index contributed by atoms with van der Waals surface area (Å²) >= 11 is 0. The van der Waals surface area contributed by atoms with Crippen LogP contribution in [-0.4, -0.2) is 42.7 Å². The molecule has 9 heteroatoms. The summed E-state index contributed by atoms with van der Waals surface area (Å²) in [6, 6.07) is 4.17. The maximum Gasteiger partial charge on any atom is 0.240 e. The zero-order valence-corrected chi connectivity index (χ0v) is 15.7. The summed E-state index contributed by atoms with van der Waals surface area (Å²) in [7, 11) is -7.14. The van der Waals surface area contributed by atoms with Crippen LogP contribution in [0.15, 0.2) is 28.0 Å². The van der Waals surface area contributed by atoms with E-state index in [4.69, 9.17) is 0 Å². The van der Waals surface area contributed by atoms with E-state index in [1.165, 1.54) is 18.2 Å². The third-order valence-electron chi connectivity index (χ3n) is 3.88. The molecule has 0 aliphatic carbocycles. The Morgan fingerprint density at radius 2 is 1.96 bits per heavy atom. The van der Waals surface area contributed by atoms with E-state index < -0.39 is 19.9 Å². The van der Waals surface area contributed by atoms with Gasteiger partial charge in [-0.25, -0.2) is 21.6 Å². The van der Waals surface area contributed by atoms with Crippen LogP contribution < -0.4 is 10.0 Å². The second-order valence-corrected chi connectivity index (χ2v) is 9.50. The maximum absolute atomic E-state index is 12.4. The smallest absolute Gasteiger partial charge is 0.240 e. The fourth-order valence-corrected chi connectivity index (χ4v) is 4.57. The monoisotopic (exact) mass is 382 g/mol. The number of halogens is 1. The molecular weight excluding hydrogens is 360 g/mol. The standard InChI is InChI=1S/C14H22N2O4S2.ClH/c1-11-3-4-13(21(2,17)18)9-14(11)22(19,20)16-8-6-12-5-7-15-10-12;/h3-4,9,12,15-16H,5-8,10H2,1-2H3;1H. The Hall–Kier alpha value is -0.670. The van der Waals surface area contributed by atoms with Gasteiger partial charge in [-0.05, 0) is 56.5 Å². The number of benzene rings is 1. The minimum atomic E-state index is -3.70. The van der Waals surface area contributed by atoms with Crippen molar-refractivity contribution in [1.82, 2.24) is 10.0 Å². The molecule has 0 bridgehead atoms. The van der Waals surface area contributed by atoms with Gasteiger partial charge in [0, 0.05) is 12.8 Å². The molecule has 1 saturated heterocycles. The minimum Gasteiger partial charge on any atom is -0.316 e. The number of rotatable bonds is 6. The summed E-state index contributed by atoms with van der Waals surface area (Å²) in [5.41, 5.74) is 0.530. The van der Waals surface area contributed by atoms with E-state index >= 15 is 0 Å². The van der Waals surface area contributed by atoms with Gasteiger partial charge in [0.1, 0.15) is 0 Å². The second kappa shape index (κ2) is 7.94. The van der Waals surface area contributed by atoms with E-state index in [9.17, 15) is 16.8 Å². The molecule has 1 unspecified atom stereocenters. The van der Waals surface area contributed by atoms with E-state index in [0.29, 0.717) is 18.0 Å². The molecule has 1 fully saturated rings. The Morgan fingerprint density at radius 3 is 2.52 bits per heavy atom. The topological polar surface area (TPSA) is 92.3 Å². The van der Waals surface area contributed by atoms with Crippen molar-refractivity contribution < 1.29 is 16.8 Å². The average Bonchev–Trinajstić information content (AvgIpc) is 2.90. The first-order valence-electron chi connectivity index (χ1n) is 7.21. The fourth-order valence-electron chi connectivity index (χ4n) is 2.54. The molecule has 6 nitrogen and oxygen atoms in total. The predicted octanol–water partition coefficient (Wildman–Crippen LogP) is 1.10. The van der Waals surface area contributed by atoms with Crippen molar-refractivity contribution in [2.75, 3.05) is 25.9 Å². The van der Waals surface area contributed by atoms with Crippen molar-refractivity contribution in [2.24, 2.45) is 5.92 Å². The maximum atomic E-state index is 12.4. The van der Waals surface area contributed by atoms with Gasteiger partial charge in [-0.3, -0.25) is 0 Å². The largest absolute Gasteiger partial charge is 0.316 e. The summed E-state index contributed by atoms with van der Waals surface area (Å²) in [5.74, 6) is 0.492. The molecule has 1 aromatic carbocycles. The first kappa shape index (κ1) is 20.4. The van der Waals surface area contributed by atoms with Crippen LogP contribution >= 0.6 is 12.4 Å². The van der Waals surface area contributed by atoms with Gasteiger partial charge in [0.25, 0.3) is 0 Å². The molecule has 1 aliphatic rings. The van der Waals surface area contributed by atoms with Gasteiger partial charge in [-0.1, -0.05) is 6.07 Å². The third-order valence-corrected chi connectivity index (χ3v) is 6.60. The van der Waals surface area contributed by atoms with Crippen LogP contribution in [0.1, 0.15) is 18.4 Å². The molecule has 1 aliphatic heterocycles. The molecule has 0 spiro atoms. The Labute approximate surface area is 144 Å². The lowest BCUT2D eigenvalue weighted by Crippen LogP contribution is -2.27. The molecule has 0 saturated carbocycles. The lowest BCUT2D eigenvalue weighted by atomic mass is 10.1. The van der Waals surface area contributed by atoms with Gasteiger partial charge in [0.05, 0.1) is 9.79 Å². The fraction of sp³-hybridized carbons (Fsp3) is 0.571. The Kier molecular flexibility index (Phi) is 7.03. The van der Waals surface area contributed by atoms with Gasteiger partial charge in [0.15, 0.2) is 9.84 Å². The van der Waals surface area contributed by atoms with Crippen LogP contribution in [0.5, 0.6) is 0 Å². The lowest BCUT2D eigenvalue weighted by molar-refractivity contribution is 0.519. The van der Waals surface area contributed by atoms with Crippen LogP contribution in [0.2, 0.25) is 0 Å². The van der Waals surface area contributed by atoms with Crippen molar-refractivity contribution in [3.63, 3.8) is 0 Å². The number of nitrogens with one attached hydrogen (secondary N) is 2. The van der Waals surface area contributed by atoms with E-state index in [1.807, 2.05) is 0 Å². The summed E-state index contributed by atoms with van der Waals surface area (Å²) < 4.78 is 50.5. The van der Waals surface area contributed by atoms with Gasteiger partial charge < -0.3 is 5.32 Å². The molecule has 1 aromatic rings. The van der Waals surface area contributed by atoms with E-state index in [1.54, 1.807) is 6.92 Å². The van der Waals surface area contributed by atoms with Crippen molar-refractivity contribution >= 4 is 32.3 Å². The molecule has 2 rings (SSSR count). The number of aryl methyl sites for hydroxylation is 1. The molecule has 0 radical (unpaired) electrons. The van der Waals surface area contributed by atoms with Gasteiger partial charge >= 0.3 is 0 Å². The zero-order valence-electron chi connectivity index (χ0n) is 13.2. The number of sulfone groups is 1. The zero-order chi connectivity index (χ0) is 16.4. The SMILES string of the molecule is Cc1ccc(S(C)(=O)=O)cc1S(=O)(=O)NCCC1CCNC1.Cl. The van der Waals surface area contributed by atoms with E-state index in [2.05, 4.69) is 10.0 Å². The summed E-state index contributed by atoms with van der Waals surface area (Å²) in [5, 5.41) is 3.24. The van der Waals surface area contributed by atoms with E-state index in [-0.39, 0.29) is 22.2 Å². The highest BCUT2D eigenvalue weighted by molar-refractivity contribution is 7.91. The van der Waals surface area contributed by atoms with Crippen LogP contribution in [0.25, 0.3) is 0 Å². The van der Waals surface area contributed by atoms with Gasteiger partial charge in [-0.2, -0.15) is 0 Å². The highest BCUT2D eigenvalue weighted by atomic mass is 35.5. The van der Waals surface area contributed by atoms with Crippen molar-refractivity contribution in [2.45, 2.75) is 29.6 Å². The molecular formula is C14H23ClN2O4S2. The van der Waals surface area contributed by atoms with Crippen molar-refractivity contribution in [3.8, 4) is 0 Å². The molecule has 1 atom stereocenters. The minimum absolute atomic E-state index is 0. The second-order valence-electron chi connectivity index (χ2n) is 5.74. The van der Waals surface area contributed by atoms with Crippen molar-refractivity contribution in [1.29, 1.82) is 0 Å².